The van der Waals surface area contributed by atoms with E-state index in [4.69, 9.17) is 9.47 Å². The van der Waals surface area contributed by atoms with E-state index in [0.29, 0.717) is 38.8 Å². The molecule has 5 nitrogen and oxygen atoms in total. The first-order valence-electron chi connectivity index (χ1n) is 10.5. The van der Waals surface area contributed by atoms with E-state index >= 15 is 0 Å². The molecule has 0 saturated heterocycles. The summed E-state index contributed by atoms with van der Waals surface area (Å²) in [6.07, 6.45) is 0.882. The summed E-state index contributed by atoms with van der Waals surface area (Å²) in [5.41, 5.74) is 2.23. The normalized spacial score (nSPS) is 14.3. The fourth-order valence-corrected chi connectivity index (χ4v) is 3.43. The molecule has 0 aromatic heterocycles. The lowest BCUT2D eigenvalue weighted by atomic mass is 10.1. The molecule has 2 aromatic rings. The number of hydrogen-bond acceptors (Lipinski definition) is 4. The Hall–Kier alpha value is -2.53. The second kappa shape index (κ2) is 10.3. The van der Waals surface area contributed by atoms with Crippen LogP contribution in [0.1, 0.15) is 39.7 Å². The first-order valence-corrected chi connectivity index (χ1v) is 10.5. The Morgan fingerprint density at radius 2 is 1.76 bits per heavy atom. The lowest BCUT2D eigenvalue weighted by molar-refractivity contribution is -0.134. The minimum Gasteiger partial charge on any atom is -0.490 e. The molecule has 0 spiro atoms. The predicted molar refractivity (Wildman–Crippen MR) is 117 cm³/mol. The molecule has 0 radical (unpaired) electrons. The Kier molecular flexibility index (Phi) is 7.53. The predicted octanol–water partition coefficient (Wildman–Crippen LogP) is 4.26. The summed E-state index contributed by atoms with van der Waals surface area (Å²) >= 11 is 0. The van der Waals surface area contributed by atoms with Gasteiger partial charge in [-0.2, -0.15) is 0 Å². The van der Waals surface area contributed by atoms with Crippen LogP contribution < -0.4 is 14.8 Å². The van der Waals surface area contributed by atoms with E-state index in [1.807, 2.05) is 48.2 Å². The van der Waals surface area contributed by atoms with Crippen LogP contribution in [-0.4, -0.2) is 36.6 Å². The van der Waals surface area contributed by atoms with Gasteiger partial charge in [-0.05, 0) is 36.1 Å². The Morgan fingerprint density at radius 3 is 2.48 bits per heavy atom. The van der Waals surface area contributed by atoms with Crippen molar-refractivity contribution in [3.8, 4) is 11.5 Å². The third kappa shape index (κ3) is 6.23. The van der Waals surface area contributed by atoms with E-state index in [-0.39, 0.29) is 13.4 Å². The summed E-state index contributed by atoms with van der Waals surface area (Å²) in [4.78, 5) is 15.1. The molecule has 1 aliphatic rings. The highest BCUT2D eigenvalue weighted by Crippen LogP contribution is 2.31. The molecule has 0 fully saturated rings. The SMILES string of the molecule is CC(C)CN(Cc1ccc2c(c1)OCCCO2)C(=O)C(C)NCc1ccccc1.[HH]. The third-order valence-electron chi connectivity index (χ3n) is 4.91. The van der Waals surface area contributed by atoms with Crippen molar-refractivity contribution in [3.05, 3.63) is 59.7 Å². The van der Waals surface area contributed by atoms with E-state index < -0.39 is 0 Å². The van der Waals surface area contributed by atoms with Crippen LogP contribution in [0.25, 0.3) is 0 Å². The smallest absolute Gasteiger partial charge is 0.239 e. The molecule has 1 aliphatic heterocycles. The van der Waals surface area contributed by atoms with Gasteiger partial charge >= 0.3 is 0 Å². The maximum Gasteiger partial charge on any atom is 0.239 e. The summed E-state index contributed by atoms with van der Waals surface area (Å²) < 4.78 is 11.5. The topological polar surface area (TPSA) is 50.8 Å². The molecule has 1 amide bonds. The van der Waals surface area contributed by atoms with Gasteiger partial charge < -0.3 is 19.7 Å². The van der Waals surface area contributed by atoms with Gasteiger partial charge in [0.2, 0.25) is 5.91 Å². The van der Waals surface area contributed by atoms with Crippen LogP contribution in [0, 0.1) is 5.92 Å². The van der Waals surface area contributed by atoms with Crippen LogP contribution >= 0.6 is 0 Å². The number of amides is 1. The quantitative estimate of drug-likeness (QED) is 0.722. The highest BCUT2D eigenvalue weighted by Gasteiger charge is 2.22. The van der Waals surface area contributed by atoms with E-state index in [1.165, 1.54) is 5.56 Å². The largest absolute Gasteiger partial charge is 0.490 e. The molecular formula is C24H34N2O3. The number of hydrogen-bond donors (Lipinski definition) is 1. The summed E-state index contributed by atoms with van der Waals surface area (Å²) in [6.45, 7) is 9.49. The third-order valence-corrected chi connectivity index (χ3v) is 4.91. The maximum absolute atomic E-state index is 13.2. The lowest BCUT2D eigenvalue weighted by Crippen LogP contribution is -2.45. The van der Waals surface area contributed by atoms with E-state index in [1.54, 1.807) is 0 Å². The van der Waals surface area contributed by atoms with E-state index in [2.05, 4.69) is 31.3 Å². The lowest BCUT2D eigenvalue weighted by Gasteiger charge is -2.28. The second-order valence-corrected chi connectivity index (χ2v) is 8.03. The molecule has 3 rings (SSSR count). The zero-order valence-electron chi connectivity index (χ0n) is 17.7. The highest BCUT2D eigenvalue weighted by molar-refractivity contribution is 5.81. The van der Waals surface area contributed by atoms with Gasteiger partial charge in [0.25, 0.3) is 0 Å². The number of carbonyl (C=O) groups excluding carboxylic acids is 1. The summed E-state index contributed by atoms with van der Waals surface area (Å²) in [6, 6.07) is 15.9. The molecule has 0 saturated carbocycles. The summed E-state index contributed by atoms with van der Waals surface area (Å²) in [5, 5.41) is 3.36. The number of rotatable bonds is 8. The van der Waals surface area contributed by atoms with E-state index in [0.717, 1.165) is 23.5 Å². The molecule has 0 aliphatic carbocycles. The minimum atomic E-state index is -0.255. The fourth-order valence-electron chi connectivity index (χ4n) is 3.43. The molecule has 0 bridgehead atoms. The molecular weight excluding hydrogens is 364 g/mol. The van der Waals surface area contributed by atoms with Crippen LogP contribution in [0.15, 0.2) is 48.5 Å². The molecule has 2 aromatic carbocycles. The second-order valence-electron chi connectivity index (χ2n) is 8.03. The number of fused-ring (bicyclic) bond motifs is 1. The minimum absolute atomic E-state index is 0. The Morgan fingerprint density at radius 1 is 1.03 bits per heavy atom. The van der Waals surface area contributed by atoms with Gasteiger partial charge in [0.1, 0.15) is 0 Å². The maximum atomic E-state index is 13.2. The van der Waals surface area contributed by atoms with Crippen LogP contribution in [0.3, 0.4) is 0 Å². The summed E-state index contributed by atoms with van der Waals surface area (Å²) in [7, 11) is 0. The van der Waals surface area contributed by atoms with Gasteiger partial charge in [0.05, 0.1) is 19.3 Å². The Balaban J connectivity index is 0.00000320. The van der Waals surface area contributed by atoms with Crippen molar-refractivity contribution in [2.75, 3.05) is 19.8 Å². The zero-order valence-corrected chi connectivity index (χ0v) is 17.7. The first kappa shape index (κ1) is 21.2. The average Bonchev–Trinajstić information content (AvgIpc) is 2.96. The average molecular weight is 399 g/mol. The van der Waals surface area contributed by atoms with Crippen LogP contribution in [0.5, 0.6) is 11.5 Å². The highest BCUT2D eigenvalue weighted by atomic mass is 16.5. The van der Waals surface area contributed by atoms with Crippen LogP contribution in [0.2, 0.25) is 0 Å². The molecule has 1 heterocycles. The molecule has 1 atom stereocenters. The molecule has 1 N–H and O–H groups in total. The molecule has 1 unspecified atom stereocenters. The van der Waals surface area contributed by atoms with Crippen LogP contribution in [0.4, 0.5) is 0 Å². The van der Waals surface area contributed by atoms with Gasteiger partial charge in [-0.25, -0.2) is 0 Å². The van der Waals surface area contributed by atoms with Crippen LogP contribution in [-0.2, 0) is 17.9 Å². The number of carbonyl (C=O) groups is 1. The van der Waals surface area contributed by atoms with Gasteiger partial charge in [0, 0.05) is 27.5 Å². The molecule has 5 heteroatoms. The monoisotopic (exact) mass is 398 g/mol. The standard InChI is InChI=1S/C24H32N2O3.H2/c1-18(2)16-26(24(27)19(3)25-15-20-8-5-4-6-9-20)17-21-10-11-22-23(14-21)29-13-7-12-28-22;/h4-6,8-11,14,18-19,25H,7,12-13,15-17H2,1-3H3;1H. The van der Waals surface area contributed by atoms with E-state index in [9.17, 15) is 4.79 Å². The number of ether oxygens (including phenoxy) is 2. The molecule has 29 heavy (non-hydrogen) atoms. The van der Waals surface area contributed by atoms with Gasteiger partial charge in [-0.1, -0.05) is 50.2 Å². The van der Waals surface area contributed by atoms with Crippen molar-refractivity contribution in [2.45, 2.75) is 46.3 Å². The van der Waals surface area contributed by atoms with Crippen molar-refractivity contribution in [3.63, 3.8) is 0 Å². The number of benzene rings is 2. The summed E-state index contributed by atoms with van der Waals surface area (Å²) in [5.74, 6) is 2.06. The number of nitrogens with one attached hydrogen (secondary N) is 1. The molecule has 158 valence electrons. The van der Waals surface area contributed by atoms with Gasteiger partial charge in [-0.15, -0.1) is 0 Å². The Labute approximate surface area is 175 Å². The first-order chi connectivity index (χ1) is 14.0. The van der Waals surface area contributed by atoms with Gasteiger partial charge in [0.15, 0.2) is 11.5 Å². The fraction of sp³-hybridized carbons (Fsp3) is 0.458. The Bertz CT molecular complexity index is 798. The van der Waals surface area contributed by atoms with Crippen molar-refractivity contribution >= 4 is 5.91 Å². The van der Waals surface area contributed by atoms with Crippen molar-refractivity contribution in [1.29, 1.82) is 0 Å². The zero-order chi connectivity index (χ0) is 20.6. The van der Waals surface area contributed by atoms with Crippen molar-refractivity contribution in [1.82, 2.24) is 10.2 Å². The van der Waals surface area contributed by atoms with Crippen molar-refractivity contribution in [2.24, 2.45) is 5.92 Å². The van der Waals surface area contributed by atoms with Gasteiger partial charge in [-0.3, -0.25) is 4.79 Å². The van der Waals surface area contributed by atoms with Crippen molar-refractivity contribution < 1.29 is 15.7 Å². The number of nitrogens with zero attached hydrogens (tertiary/aromatic N) is 1.